The van der Waals surface area contributed by atoms with Gasteiger partial charge in [-0.3, -0.25) is 0 Å². The van der Waals surface area contributed by atoms with Crippen LogP contribution in [0.15, 0.2) is 18.2 Å². The molecule has 1 aromatic carbocycles. The Morgan fingerprint density at radius 1 is 1.29 bits per heavy atom. The molecule has 0 saturated heterocycles. The number of alkyl halides is 2. The molecule has 3 rings (SSSR count). The molecule has 0 amide bonds. The van der Waals surface area contributed by atoms with Crippen LogP contribution in [0.4, 0.5) is 8.78 Å². The number of nitrogens with two attached hydrogens (primary N) is 1. The second kappa shape index (κ2) is 7.06. The van der Waals surface area contributed by atoms with E-state index in [1.807, 2.05) is 6.07 Å². The fraction of sp³-hybridized carbons (Fsp3) is 0.650. The van der Waals surface area contributed by atoms with E-state index in [1.165, 1.54) is 0 Å². The first-order chi connectivity index (χ1) is 12.8. The molecule has 1 aliphatic rings. The molecule has 8 heteroatoms. The van der Waals surface area contributed by atoms with Crippen LogP contribution in [-0.4, -0.2) is 23.9 Å². The molecule has 1 atom stereocenters. The number of hydrogen-bond acceptors (Lipinski definition) is 3. The summed E-state index contributed by atoms with van der Waals surface area (Å²) in [6.45, 7) is 8.39. The first kappa shape index (κ1) is 21.2. The molecule has 1 heterocycles. The highest BCUT2D eigenvalue weighted by molar-refractivity contribution is 7.89. The van der Waals surface area contributed by atoms with Crippen molar-refractivity contribution in [2.45, 2.75) is 76.5 Å². The second-order valence-electron chi connectivity index (χ2n) is 9.07. The van der Waals surface area contributed by atoms with Gasteiger partial charge >= 0.3 is 0 Å². The van der Waals surface area contributed by atoms with Gasteiger partial charge < -0.3 is 4.57 Å². The number of benzene rings is 1. The van der Waals surface area contributed by atoms with E-state index in [-0.39, 0.29) is 24.2 Å². The second-order valence-corrected chi connectivity index (χ2v) is 11.0. The van der Waals surface area contributed by atoms with Crippen LogP contribution in [0.5, 0.6) is 0 Å². The third-order valence-electron chi connectivity index (χ3n) is 5.68. The van der Waals surface area contributed by atoms with Crippen molar-refractivity contribution in [1.82, 2.24) is 9.55 Å². The molecule has 0 bridgehead atoms. The highest BCUT2D eigenvalue weighted by atomic mass is 32.2. The minimum atomic E-state index is -3.70. The molecule has 1 aliphatic carbocycles. The molecule has 1 saturated carbocycles. The summed E-state index contributed by atoms with van der Waals surface area (Å²) in [5, 5.41) is 4.47. The van der Waals surface area contributed by atoms with E-state index in [0.29, 0.717) is 30.5 Å². The number of nitrogens with zero attached hydrogens (tertiary/aromatic N) is 2. The minimum Gasteiger partial charge on any atom is -0.327 e. The highest BCUT2D eigenvalue weighted by Gasteiger charge is 2.35. The number of halogens is 2. The van der Waals surface area contributed by atoms with Crippen molar-refractivity contribution >= 4 is 21.1 Å². The fourth-order valence-corrected chi connectivity index (χ4v) is 4.41. The Kier molecular flexibility index (Phi) is 5.34. The summed E-state index contributed by atoms with van der Waals surface area (Å²) in [6.07, 6.45) is 0.865. The Hall–Kier alpha value is -1.54. The Labute approximate surface area is 165 Å². The van der Waals surface area contributed by atoms with E-state index >= 15 is 0 Å². The van der Waals surface area contributed by atoms with Gasteiger partial charge in [-0.15, -0.1) is 0 Å². The van der Waals surface area contributed by atoms with E-state index in [1.54, 1.807) is 19.1 Å². The summed E-state index contributed by atoms with van der Waals surface area (Å²) in [5.74, 6) is -1.49. The zero-order chi connectivity index (χ0) is 20.9. The van der Waals surface area contributed by atoms with Gasteiger partial charge in [0.25, 0.3) is 0 Å². The average Bonchev–Trinajstić information content (AvgIpc) is 2.93. The number of primary sulfonamides is 1. The molecule has 28 heavy (non-hydrogen) atoms. The maximum Gasteiger partial charge on any atom is 0.248 e. The lowest BCUT2D eigenvalue weighted by Crippen LogP contribution is -2.28. The predicted molar refractivity (Wildman–Crippen MR) is 107 cm³/mol. The molecule has 1 unspecified atom stereocenters. The number of aromatic nitrogens is 2. The van der Waals surface area contributed by atoms with Gasteiger partial charge in [0.05, 0.1) is 16.3 Å². The monoisotopic (exact) mass is 413 g/mol. The molecule has 0 radical (unpaired) electrons. The highest BCUT2D eigenvalue weighted by Crippen LogP contribution is 2.38. The fourth-order valence-electron chi connectivity index (χ4n) is 3.89. The van der Waals surface area contributed by atoms with Gasteiger partial charge in [-0.1, -0.05) is 26.8 Å². The lowest BCUT2D eigenvalue weighted by molar-refractivity contribution is -0.0473. The van der Waals surface area contributed by atoms with Crippen LogP contribution >= 0.6 is 0 Å². The SMILES string of the molecule is CC(c1ccc2c(c1)nc(C(C)(C)C)n2CC1CCC(F)(F)CC1)S(N)(=O)=O. The number of fused-ring (bicyclic) bond motifs is 1. The molecule has 1 aromatic heterocycles. The van der Waals surface area contributed by atoms with Gasteiger partial charge in [0.2, 0.25) is 15.9 Å². The van der Waals surface area contributed by atoms with Gasteiger partial charge in [-0.2, -0.15) is 0 Å². The summed E-state index contributed by atoms with van der Waals surface area (Å²) in [6, 6.07) is 5.40. The standard InChI is InChI=1S/C20H29F2N3O2S/c1-13(28(23,26)27)15-5-6-17-16(11-15)24-18(19(2,3)4)25(17)12-14-7-9-20(21,22)10-8-14/h5-6,11,13-14H,7-10,12H2,1-4H3,(H2,23,26,27). The van der Waals surface area contributed by atoms with Crippen LogP contribution < -0.4 is 5.14 Å². The summed E-state index contributed by atoms with van der Waals surface area (Å²) < 4.78 is 52.6. The van der Waals surface area contributed by atoms with Crippen LogP contribution in [0, 0.1) is 5.92 Å². The first-order valence-electron chi connectivity index (χ1n) is 9.68. The lowest BCUT2D eigenvalue weighted by atomic mass is 9.86. The van der Waals surface area contributed by atoms with Crippen molar-refractivity contribution < 1.29 is 17.2 Å². The molecule has 0 spiro atoms. The Bertz CT molecular complexity index is 967. The van der Waals surface area contributed by atoms with Crippen molar-refractivity contribution in [2.24, 2.45) is 11.1 Å². The Morgan fingerprint density at radius 2 is 1.89 bits per heavy atom. The summed E-state index contributed by atoms with van der Waals surface area (Å²) >= 11 is 0. The first-order valence-corrected chi connectivity index (χ1v) is 11.3. The van der Waals surface area contributed by atoms with Gasteiger partial charge in [-0.05, 0) is 43.4 Å². The van der Waals surface area contributed by atoms with Gasteiger partial charge in [-0.25, -0.2) is 27.3 Å². The van der Waals surface area contributed by atoms with Crippen molar-refractivity contribution in [3.8, 4) is 0 Å². The average molecular weight is 414 g/mol. The largest absolute Gasteiger partial charge is 0.327 e. The maximum atomic E-state index is 13.5. The molecule has 2 aromatic rings. The molecule has 5 nitrogen and oxygen atoms in total. The summed E-state index contributed by atoms with van der Waals surface area (Å²) in [7, 11) is -3.70. The lowest BCUT2D eigenvalue weighted by Gasteiger charge is -2.30. The Balaban J connectivity index is 2.00. The number of imidazole rings is 1. The molecule has 156 valence electrons. The molecule has 0 aliphatic heterocycles. The van der Waals surface area contributed by atoms with E-state index in [9.17, 15) is 17.2 Å². The minimum absolute atomic E-state index is 0.0643. The van der Waals surface area contributed by atoms with Gasteiger partial charge in [0, 0.05) is 24.8 Å². The number of hydrogen-bond donors (Lipinski definition) is 1. The van der Waals surface area contributed by atoms with Crippen molar-refractivity contribution in [2.75, 3.05) is 0 Å². The van der Waals surface area contributed by atoms with Crippen molar-refractivity contribution in [3.05, 3.63) is 29.6 Å². The van der Waals surface area contributed by atoms with E-state index in [0.717, 1.165) is 11.3 Å². The predicted octanol–water partition coefficient (Wildman–Crippen LogP) is 4.51. The summed E-state index contributed by atoms with van der Waals surface area (Å²) in [5.41, 5.74) is 1.97. The van der Waals surface area contributed by atoms with Crippen LogP contribution in [0.2, 0.25) is 0 Å². The molecule has 2 N–H and O–H groups in total. The summed E-state index contributed by atoms with van der Waals surface area (Å²) in [4.78, 5) is 4.78. The van der Waals surface area contributed by atoms with E-state index < -0.39 is 21.2 Å². The smallest absolute Gasteiger partial charge is 0.248 e. The zero-order valence-corrected chi connectivity index (χ0v) is 17.7. The maximum absolute atomic E-state index is 13.5. The molecule has 1 fully saturated rings. The van der Waals surface area contributed by atoms with Crippen LogP contribution in [0.25, 0.3) is 11.0 Å². The number of rotatable bonds is 4. The van der Waals surface area contributed by atoms with E-state index in [2.05, 4.69) is 25.3 Å². The topological polar surface area (TPSA) is 78.0 Å². The van der Waals surface area contributed by atoms with Crippen LogP contribution in [0.3, 0.4) is 0 Å². The van der Waals surface area contributed by atoms with Crippen LogP contribution in [0.1, 0.15) is 70.0 Å². The van der Waals surface area contributed by atoms with Crippen molar-refractivity contribution in [3.63, 3.8) is 0 Å². The van der Waals surface area contributed by atoms with Gasteiger partial charge in [0.1, 0.15) is 5.82 Å². The quantitative estimate of drug-likeness (QED) is 0.801. The van der Waals surface area contributed by atoms with Crippen LogP contribution in [-0.2, 0) is 22.0 Å². The third-order valence-corrected chi connectivity index (χ3v) is 6.94. The Morgan fingerprint density at radius 3 is 2.43 bits per heavy atom. The molecular weight excluding hydrogens is 384 g/mol. The molecular formula is C20H29F2N3O2S. The van der Waals surface area contributed by atoms with E-state index in [4.69, 9.17) is 10.1 Å². The normalized spacial score (nSPS) is 19.8. The van der Waals surface area contributed by atoms with Crippen molar-refractivity contribution in [1.29, 1.82) is 0 Å². The van der Waals surface area contributed by atoms with Gasteiger partial charge in [0.15, 0.2) is 0 Å². The number of sulfonamides is 1. The zero-order valence-electron chi connectivity index (χ0n) is 16.9. The third kappa shape index (κ3) is 4.38.